The molecule has 14 heteroatoms. The number of hydrogen-bond donors (Lipinski definition) is 8. The Bertz CT molecular complexity index is 1480. The van der Waals surface area contributed by atoms with E-state index in [1.807, 2.05) is 0 Å². The summed E-state index contributed by atoms with van der Waals surface area (Å²) in [5.41, 5.74) is 0.163. The number of rotatable bonds is 6. The average Bonchev–Trinajstić information content (AvgIpc) is 2.95. The lowest BCUT2D eigenvalue weighted by Crippen LogP contribution is -2.60. The number of ether oxygens (including phenoxy) is 4. The van der Waals surface area contributed by atoms with Gasteiger partial charge in [0.25, 0.3) is 0 Å². The van der Waals surface area contributed by atoms with E-state index in [4.69, 9.17) is 18.9 Å². The third-order valence-electron chi connectivity index (χ3n) is 6.84. The van der Waals surface area contributed by atoms with Gasteiger partial charge in [-0.3, -0.25) is 4.79 Å². The summed E-state index contributed by atoms with van der Waals surface area (Å²) in [6, 6.07) is 10.0. The molecule has 6 atom stereocenters. The van der Waals surface area contributed by atoms with Crippen molar-refractivity contribution in [2.45, 2.75) is 43.2 Å². The molecule has 0 aliphatic carbocycles. The summed E-state index contributed by atoms with van der Waals surface area (Å²) in [6.07, 6.45) is -9.26. The molecular weight excluding hydrogens is 560 g/mol. The molecule has 2 aliphatic rings. The van der Waals surface area contributed by atoms with Gasteiger partial charge in [-0.1, -0.05) is 12.1 Å². The second-order valence-electron chi connectivity index (χ2n) is 9.73. The lowest BCUT2D eigenvalue weighted by Gasteiger charge is -2.40. The van der Waals surface area contributed by atoms with Crippen LogP contribution in [0.4, 0.5) is 0 Å². The molecule has 222 valence electrons. The molecule has 5 rings (SSSR count). The van der Waals surface area contributed by atoms with Crippen molar-refractivity contribution < 1.29 is 69.4 Å². The molecule has 8 N–H and O–H groups in total. The minimum absolute atomic E-state index is 0.0278. The Labute approximate surface area is 236 Å². The van der Waals surface area contributed by atoms with Gasteiger partial charge in [0.05, 0.1) is 12.0 Å². The third kappa shape index (κ3) is 5.56. The average molecular weight is 587 g/mol. The highest BCUT2D eigenvalue weighted by Crippen LogP contribution is 2.43. The van der Waals surface area contributed by atoms with Crippen LogP contribution in [0.3, 0.4) is 0 Å². The van der Waals surface area contributed by atoms with E-state index in [-0.39, 0.29) is 34.8 Å². The number of aliphatic hydroxyl groups excluding tert-OH is 3. The SMILES string of the molecule is O=C(OCC1O[C@@H](Oc2cc(O)c3c(c2)OC(c2ccc(O)cc2)CC3=O)C(O)[C@@H](O)[C@@H]1O)c1cc(O)c(O)c(O)c1. The molecule has 3 unspecified atom stereocenters. The van der Waals surface area contributed by atoms with Gasteiger partial charge in [-0.05, 0) is 29.8 Å². The van der Waals surface area contributed by atoms with E-state index in [2.05, 4.69) is 0 Å². The van der Waals surface area contributed by atoms with Gasteiger partial charge in [-0.25, -0.2) is 4.79 Å². The van der Waals surface area contributed by atoms with Gasteiger partial charge in [0.1, 0.15) is 65.7 Å². The van der Waals surface area contributed by atoms with Crippen molar-refractivity contribution in [2.75, 3.05) is 6.61 Å². The predicted octanol–water partition coefficient (Wildman–Crippen LogP) is 0.964. The maximum absolute atomic E-state index is 12.8. The number of hydrogen-bond acceptors (Lipinski definition) is 14. The zero-order chi connectivity index (χ0) is 30.3. The lowest BCUT2D eigenvalue weighted by atomic mass is 9.95. The Hall–Kier alpha value is -4.76. The Morgan fingerprint density at radius 3 is 2.19 bits per heavy atom. The number of Topliss-reactive ketones (excluding diaryl/α,β-unsaturated/α-hetero) is 1. The van der Waals surface area contributed by atoms with Gasteiger partial charge >= 0.3 is 5.97 Å². The van der Waals surface area contributed by atoms with Gasteiger partial charge in [0, 0.05) is 12.1 Å². The van der Waals surface area contributed by atoms with E-state index in [0.717, 1.165) is 18.2 Å². The van der Waals surface area contributed by atoms with Crippen molar-refractivity contribution in [2.24, 2.45) is 0 Å². The molecule has 0 spiro atoms. The second kappa shape index (κ2) is 11.3. The molecule has 0 aromatic heterocycles. The topological polar surface area (TPSA) is 233 Å². The van der Waals surface area contributed by atoms with Gasteiger partial charge < -0.3 is 59.8 Å². The fourth-order valence-electron chi connectivity index (χ4n) is 4.61. The number of phenols is 5. The highest BCUT2D eigenvalue weighted by molar-refractivity contribution is 6.02. The van der Waals surface area contributed by atoms with Crippen LogP contribution in [-0.2, 0) is 9.47 Å². The van der Waals surface area contributed by atoms with Crippen LogP contribution in [0.25, 0.3) is 0 Å². The Morgan fingerprint density at radius 2 is 1.52 bits per heavy atom. The zero-order valence-corrected chi connectivity index (χ0v) is 21.5. The van der Waals surface area contributed by atoms with Gasteiger partial charge in [-0.15, -0.1) is 0 Å². The van der Waals surface area contributed by atoms with Crippen molar-refractivity contribution in [3.05, 3.63) is 65.2 Å². The third-order valence-corrected chi connectivity index (χ3v) is 6.84. The number of aliphatic hydroxyl groups is 3. The number of fused-ring (bicyclic) bond motifs is 1. The summed E-state index contributed by atoms with van der Waals surface area (Å²) >= 11 is 0. The van der Waals surface area contributed by atoms with Gasteiger partial charge in [-0.2, -0.15) is 0 Å². The number of esters is 1. The second-order valence-corrected chi connectivity index (χ2v) is 9.73. The van der Waals surface area contributed by atoms with Crippen molar-refractivity contribution in [3.8, 4) is 40.2 Å². The minimum Gasteiger partial charge on any atom is -0.508 e. The number of carbonyl (C=O) groups excluding carboxylic acids is 2. The quantitative estimate of drug-likeness (QED) is 0.149. The summed E-state index contributed by atoms with van der Waals surface area (Å²) in [6.45, 7) is -0.673. The molecular formula is C28H26O14. The summed E-state index contributed by atoms with van der Waals surface area (Å²) in [5.74, 6) is -4.52. The van der Waals surface area contributed by atoms with Crippen molar-refractivity contribution in [3.63, 3.8) is 0 Å². The van der Waals surface area contributed by atoms with E-state index in [0.29, 0.717) is 5.56 Å². The van der Waals surface area contributed by atoms with Crippen LogP contribution in [0.15, 0.2) is 48.5 Å². The highest BCUT2D eigenvalue weighted by Gasteiger charge is 2.46. The number of phenolic OH excluding ortho intramolecular Hbond substituents is 5. The van der Waals surface area contributed by atoms with E-state index in [1.54, 1.807) is 12.1 Å². The molecule has 0 bridgehead atoms. The maximum Gasteiger partial charge on any atom is 0.338 e. The van der Waals surface area contributed by atoms with Crippen molar-refractivity contribution in [1.29, 1.82) is 0 Å². The summed E-state index contributed by atoms with van der Waals surface area (Å²) in [4.78, 5) is 25.2. The van der Waals surface area contributed by atoms with Crippen LogP contribution in [0.5, 0.6) is 40.2 Å². The molecule has 0 saturated carbocycles. The summed E-state index contributed by atoms with van der Waals surface area (Å²) < 4.78 is 22.1. The first kappa shape index (κ1) is 28.8. The molecule has 1 saturated heterocycles. The van der Waals surface area contributed by atoms with Crippen LogP contribution in [0.1, 0.15) is 38.8 Å². The highest BCUT2D eigenvalue weighted by atomic mass is 16.7. The smallest absolute Gasteiger partial charge is 0.338 e. The number of aromatic hydroxyl groups is 5. The zero-order valence-electron chi connectivity index (χ0n) is 21.5. The Morgan fingerprint density at radius 1 is 0.857 bits per heavy atom. The standard InChI is InChI=1S/C28H26O14/c29-13-3-1-11(2-4-13)19-9-16(31)22-15(30)7-14(8-20(22)41-19)40-28-26(37)25(36)24(35)21(42-28)10-39-27(38)12-5-17(32)23(34)18(33)6-12/h1-8,19,21,24-26,28-30,32-37H,9-10H2/t19?,21?,24-,25+,26?,28-/m1/s1. The fourth-order valence-corrected chi connectivity index (χ4v) is 4.61. The number of carbonyl (C=O) groups is 2. The van der Waals surface area contributed by atoms with Crippen LogP contribution in [0, 0.1) is 0 Å². The molecule has 1 fully saturated rings. The predicted molar refractivity (Wildman–Crippen MR) is 138 cm³/mol. The van der Waals surface area contributed by atoms with E-state index >= 15 is 0 Å². The monoisotopic (exact) mass is 586 g/mol. The number of benzene rings is 3. The Kier molecular flexibility index (Phi) is 7.71. The first-order valence-electron chi connectivity index (χ1n) is 12.6. The Balaban J connectivity index is 1.31. The molecule has 2 aliphatic heterocycles. The molecule has 2 heterocycles. The molecule has 0 radical (unpaired) electrons. The van der Waals surface area contributed by atoms with Crippen LogP contribution in [-0.4, -0.2) is 89.9 Å². The van der Waals surface area contributed by atoms with Crippen molar-refractivity contribution in [1.82, 2.24) is 0 Å². The first-order chi connectivity index (χ1) is 19.9. The van der Waals surface area contributed by atoms with E-state index in [9.17, 15) is 50.4 Å². The number of ketones is 1. The molecule has 14 nitrogen and oxygen atoms in total. The van der Waals surface area contributed by atoms with Crippen molar-refractivity contribution >= 4 is 11.8 Å². The minimum atomic E-state index is -1.82. The first-order valence-corrected chi connectivity index (χ1v) is 12.6. The van der Waals surface area contributed by atoms with Gasteiger partial charge in [0.15, 0.2) is 23.0 Å². The van der Waals surface area contributed by atoms with Crippen LogP contribution >= 0.6 is 0 Å². The maximum atomic E-state index is 12.8. The van der Waals surface area contributed by atoms with Crippen LogP contribution < -0.4 is 9.47 Å². The van der Waals surface area contributed by atoms with Gasteiger partial charge in [0.2, 0.25) is 6.29 Å². The normalized spacial score (nSPS) is 25.3. The molecule has 0 amide bonds. The molecule has 3 aromatic rings. The fraction of sp³-hybridized carbons (Fsp3) is 0.286. The van der Waals surface area contributed by atoms with E-state index in [1.165, 1.54) is 18.2 Å². The molecule has 3 aromatic carbocycles. The van der Waals surface area contributed by atoms with Crippen LogP contribution in [0.2, 0.25) is 0 Å². The lowest BCUT2D eigenvalue weighted by molar-refractivity contribution is -0.277. The largest absolute Gasteiger partial charge is 0.508 e. The summed E-state index contributed by atoms with van der Waals surface area (Å²) in [5, 5.41) is 80.0. The molecule has 42 heavy (non-hydrogen) atoms. The van der Waals surface area contributed by atoms with E-state index < -0.39 is 78.2 Å². The summed E-state index contributed by atoms with van der Waals surface area (Å²) in [7, 11) is 0.